The highest BCUT2D eigenvalue weighted by atomic mass is 27.0. The van der Waals surface area contributed by atoms with Crippen molar-refractivity contribution in [2.24, 2.45) is 17.8 Å². The van der Waals surface area contributed by atoms with E-state index in [0.29, 0.717) is 22.4 Å². The Hall–Kier alpha value is 0.162. The fourth-order valence-electron chi connectivity index (χ4n) is 2.98. The fourth-order valence-corrected chi connectivity index (χ4v) is 4.22. The van der Waals surface area contributed by atoms with Gasteiger partial charge in [-0.3, -0.25) is 4.79 Å². The molecule has 0 aromatic rings. The molecule has 2 nitrogen and oxygen atoms in total. The lowest BCUT2D eigenvalue weighted by Crippen LogP contribution is -2.44. The monoisotopic (exact) mass is 182 g/mol. The molecule has 2 bridgehead atoms. The van der Waals surface area contributed by atoms with Gasteiger partial charge in [0.1, 0.15) is 5.78 Å². The number of ketones is 1. The molecule has 0 radical (unpaired) electrons. The van der Waals surface area contributed by atoms with Gasteiger partial charge >= 0.3 is 0 Å². The molecule has 0 spiro atoms. The summed E-state index contributed by atoms with van der Waals surface area (Å²) in [5.74, 6) is 1.61. The molecule has 3 heteroatoms. The second kappa shape index (κ2) is 3.14. The van der Waals surface area contributed by atoms with Crippen LogP contribution >= 0.6 is 0 Å². The zero-order valence-corrected chi connectivity index (χ0v) is 9.49. The van der Waals surface area contributed by atoms with Crippen molar-refractivity contribution in [2.45, 2.75) is 24.0 Å². The van der Waals surface area contributed by atoms with E-state index in [1.807, 2.05) is 0 Å². The first-order valence-corrected chi connectivity index (χ1v) is 6.03. The number of Topliss-reactive ketones (excluding diaryl/α,β-unsaturated/α-hetero) is 1. The Bertz CT molecular complexity index is 205. The van der Waals surface area contributed by atoms with Crippen molar-refractivity contribution in [3.8, 4) is 0 Å². The predicted molar refractivity (Wildman–Crippen MR) is 48.7 cm³/mol. The highest BCUT2D eigenvalue weighted by Crippen LogP contribution is 2.48. The molecule has 4 atom stereocenters. The summed E-state index contributed by atoms with van der Waals surface area (Å²) in [5, 5.41) is 9.17. The maximum atomic E-state index is 11.5. The van der Waals surface area contributed by atoms with Crippen molar-refractivity contribution in [2.75, 3.05) is 6.61 Å². The fraction of sp³-hybridized carbons (Fsp3) is 0.889. The molecule has 0 aliphatic heterocycles. The van der Waals surface area contributed by atoms with Gasteiger partial charge in [-0.15, -0.1) is 0 Å². The Labute approximate surface area is 80.8 Å². The first kappa shape index (κ1) is 8.75. The smallest absolute Gasteiger partial charge is 0.217 e. The molecular weight excluding hydrogens is 167 g/mol. The third-order valence-electron chi connectivity index (χ3n) is 3.87. The standard InChI is InChI=1S/C9H13O2.Al.2H/c10-5-7-3-6-1-2-8(7)9(11)4-6;;;/h3,6-8,10H,1-2,4-5H2;;;. The highest BCUT2D eigenvalue weighted by Gasteiger charge is 2.45. The molecular formula is C9H15AlO2. The second-order valence-electron chi connectivity index (χ2n) is 4.32. The van der Waals surface area contributed by atoms with Crippen LogP contribution in [-0.2, 0) is 4.79 Å². The summed E-state index contributed by atoms with van der Waals surface area (Å²) in [6, 6.07) is 0. The van der Waals surface area contributed by atoms with Crippen LogP contribution in [0.1, 0.15) is 19.3 Å². The minimum absolute atomic E-state index is 0.225. The third kappa shape index (κ3) is 1.16. The minimum atomic E-state index is 0.225. The number of aliphatic hydroxyl groups excluding tert-OH is 1. The molecule has 3 aliphatic carbocycles. The van der Waals surface area contributed by atoms with E-state index in [2.05, 4.69) is 0 Å². The van der Waals surface area contributed by atoms with E-state index < -0.39 is 0 Å². The lowest BCUT2D eigenvalue weighted by atomic mass is 9.64. The van der Waals surface area contributed by atoms with E-state index in [1.165, 1.54) is 6.42 Å². The number of carbonyl (C=O) groups excluding carboxylic acids is 1. The summed E-state index contributed by atoms with van der Waals surface area (Å²) in [4.78, 5) is 11.5. The van der Waals surface area contributed by atoms with Crippen LogP contribution < -0.4 is 0 Å². The van der Waals surface area contributed by atoms with Crippen molar-refractivity contribution in [1.29, 1.82) is 0 Å². The van der Waals surface area contributed by atoms with Gasteiger partial charge in [-0.25, -0.2) is 0 Å². The van der Waals surface area contributed by atoms with Gasteiger partial charge in [0.2, 0.25) is 16.3 Å². The van der Waals surface area contributed by atoms with Crippen LogP contribution in [0, 0.1) is 17.8 Å². The average molecular weight is 182 g/mol. The van der Waals surface area contributed by atoms with Crippen LogP contribution in [0.15, 0.2) is 0 Å². The van der Waals surface area contributed by atoms with Gasteiger partial charge in [0, 0.05) is 18.9 Å². The topological polar surface area (TPSA) is 37.3 Å². The molecule has 66 valence electrons. The van der Waals surface area contributed by atoms with Crippen LogP contribution in [0.3, 0.4) is 0 Å². The van der Waals surface area contributed by atoms with Crippen molar-refractivity contribution >= 4 is 22.1 Å². The summed E-state index contributed by atoms with van der Waals surface area (Å²) < 4.78 is 0.700. The zero-order valence-electron chi connectivity index (χ0n) is 7.49. The number of hydrogen-bond donors (Lipinski definition) is 1. The zero-order chi connectivity index (χ0) is 8.72. The molecule has 0 aromatic carbocycles. The molecule has 3 rings (SSSR count). The Morgan fingerprint density at radius 2 is 2.25 bits per heavy atom. The van der Waals surface area contributed by atoms with Gasteiger partial charge in [-0.2, -0.15) is 0 Å². The number of fused-ring (bicyclic) bond motifs is 3. The van der Waals surface area contributed by atoms with Crippen molar-refractivity contribution in [1.82, 2.24) is 0 Å². The first-order chi connectivity index (χ1) is 5.74. The molecule has 0 saturated heterocycles. The van der Waals surface area contributed by atoms with Crippen LogP contribution in [0.4, 0.5) is 0 Å². The van der Waals surface area contributed by atoms with Gasteiger partial charge in [-0.1, -0.05) is 11.2 Å². The SMILES string of the molecule is O=C1CC2CCC1C(CO)[CH]2[AlH2]. The third-order valence-corrected chi connectivity index (χ3v) is 5.67. The van der Waals surface area contributed by atoms with Crippen LogP contribution in [0.25, 0.3) is 0 Å². The van der Waals surface area contributed by atoms with E-state index in [1.54, 1.807) is 0 Å². The summed E-state index contributed by atoms with van der Waals surface area (Å²) in [7, 11) is 0. The first-order valence-electron chi connectivity index (χ1n) is 4.87. The summed E-state index contributed by atoms with van der Waals surface area (Å²) in [5.41, 5.74) is 0. The van der Waals surface area contributed by atoms with Crippen LogP contribution in [0.2, 0.25) is 4.78 Å². The number of carbonyl (C=O) groups is 1. The normalized spacial score (nSPS) is 46.6. The van der Waals surface area contributed by atoms with Crippen molar-refractivity contribution < 1.29 is 9.90 Å². The Kier molecular flexibility index (Phi) is 2.29. The van der Waals surface area contributed by atoms with E-state index in [9.17, 15) is 9.90 Å². The van der Waals surface area contributed by atoms with E-state index >= 15 is 0 Å². The lowest BCUT2D eigenvalue weighted by molar-refractivity contribution is -0.133. The molecule has 1 N–H and O–H groups in total. The summed E-state index contributed by atoms with van der Waals surface area (Å²) >= 11 is 1.15. The molecule has 0 heterocycles. The minimum Gasteiger partial charge on any atom is -0.396 e. The number of hydrogen-bond acceptors (Lipinski definition) is 2. The molecule has 3 aliphatic rings. The maximum Gasteiger partial charge on any atom is 0.217 e. The van der Waals surface area contributed by atoms with Crippen LogP contribution in [-0.4, -0.2) is 33.8 Å². The summed E-state index contributed by atoms with van der Waals surface area (Å²) in [6.45, 7) is 0.237. The van der Waals surface area contributed by atoms with Crippen molar-refractivity contribution in [3.63, 3.8) is 0 Å². The Balaban J connectivity index is 2.20. The van der Waals surface area contributed by atoms with Gasteiger partial charge in [-0.05, 0) is 18.3 Å². The van der Waals surface area contributed by atoms with Crippen molar-refractivity contribution in [3.05, 3.63) is 0 Å². The summed E-state index contributed by atoms with van der Waals surface area (Å²) in [6.07, 6.45) is 3.10. The van der Waals surface area contributed by atoms with E-state index in [4.69, 9.17) is 0 Å². The molecule has 0 aromatic heterocycles. The van der Waals surface area contributed by atoms with E-state index in [-0.39, 0.29) is 12.5 Å². The lowest BCUT2D eigenvalue weighted by Gasteiger charge is -2.46. The molecule has 12 heavy (non-hydrogen) atoms. The quantitative estimate of drug-likeness (QED) is 0.580. The number of aliphatic hydroxyl groups is 1. The predicted octanol–water partition coefficient (Wildman–Crippen LogP) is 0.0155. The highest BCUT2D eigenvalue weighted by molar-refractivity contribution is 6.13. The second-order valence-corrected chi connectivity index (χ2v) is 5.65. The largest absolute Gasteiger partial charge is 0.396 e. The van der Waals surface area contributed by atoms with Crippen LogP contribution in [0.5, 0.6) is 0 Å². The molecule has 3 saturated carbocycles. The molecule has 0 amide bonds. The van der Waals surface area contributed by atoms with Gasteiger partial charge < -0.3 is 5.11 Å². The molecule has 4 unspecified atom stereocenters. The van der Waals surface area contributed by atoms with Gasteiger partial charge in [0.05, 0.1) is 0 Å². The Morgan fingerprint density at radius 1 is 1.50 bits per heavy atom. The average Bonchev–Trinajstić information content (AvgIpc) is 2.07. The van der Waals surface area contributed by atoms with Gasteiger partial charge in [0.25, 0.3) is 0 Å². The maximum absolute atomic E-state index is 11.5. The van der Waals surface area contributed by atoms with Gasteiger partial charge in [0.15, 0.2) is 0 Å². The number of rotatable bonds is 1. The van der Waals surface area contributed by atoms with E-state index in [0.717, 1.165) is 29.1 Å². The Morgan fingerprint density at radius 3 is 2.75 bits per heavy atom. The molecule has 3 fully saturated rings.